The lowest BCUT2D eigenvalue weighted by molar-refractivity contribution is -0.121. The number of aryl methyl sites for hydroxylation is 2. The molecule has 3 rings (SSSR count). The molecule has 0 aromatic heterocycles. The molecule has 0 spiro atoms. The number of methoxy groups -OCH3 is 1. The zero-order chi connectivity index (χ0) is 16.4. The minimum absolute atomic E-state index is 0.00725. The number of anilines is 1. The zero-order valence-corrected chi connectivity index (χ0v) is 13.7. The molecule has 0 bridgehead atoms. The first-order valence-electron chi connectivity index (χ1n) is 7.74. The van der Waals surface area contributed by atoms with E-state index < -0.39 is 0 Å². The van der Waals surface area contributed by atoms with Crippen molar-refractivity contribution >= 4 is 11.6 Å². The van der Waals surface area contributed by atoms with Crippen LogP contribution in [-0.4, -0.2) is 19.6 Å². The summed E-state index contributed by atoms with van der Waals surface area (Å²) in [6.07, 6.45) is 0.656. The fourth-order valence-electron chi connectivity index (χ4n) is 2.77. The number of nitrogens with one attached hydrogen (secondary N) is 1. The van der Waals surface area contributed by atoms with Gasteiger partial charge in [0.15, 0.2) is 0 Å². The van der Waals surface area contributed by atoms with Crippen LogP contribution >= 0.6 is 0 Å². The minimum atomic E-state index is -0.200. The molecule has 120 valence electrons. The summed E-state index contributed by atoms with van der Waals surface area (Å²) in [4.78, 5) is 12.6. The van der Waals surface area contributed by atoms with Crippen molar-refractivity contribution in [2.45, 2.75) is 20.3 Å². The van der Waals surface area contributed by atoms with Crippen molar-refractivity contribution < 1.29 is 14.3 Å². The number of benzene rings is 2. The topological polar surface area (TPSA) is 47.6 Å². The molecule has 1 heterocycles. The van der Waals surface area contributed by atoms with E-state index in [4.69, 9.17) is 9.47 Å². The van der Waals surface area contributed by atoms with Gasteiger partial charge in [-0.2, -0.15) is 0 Å². The zero-order valence-electron chi connectivity index (χ0n) is 13.7. The average molecular weight is 311 g/mol. The van der Waals surface area contributed by atoms with Crippen LogP contribution in [0.5, 0.6) is 11.5 Å². The maximum atomic E-state index is 12.6. The first-order valence-corrected chi connectivity index (χ1v) is 7.74. The van der Waals surface area contributed by atoms with Gasteiger partial charge in [0.05, 0.1) is 13.0 Å². The van der Waals surface area contributed by atoms with Gasteiger partial charge < -0.3 is 14.8 Å². The molecule has 1 N–H and O–H groups in total. The van der Waals surface area contributed by atoms with Crippen molar-refractivity contribution in [1.29, 1.82) is 0 Å². The van der Waals surface area contributed by atoms with Crippen LogP contribution in [0.25, 0.3) is 0 Å². The minimum Gasteiger partial charge on any atom is -0.497 e. The molecule has 2 aromatic carbocycles. The van der Waals surface area contributed by atoms with Gasteiger partial charge in [-0.1, -0.05) is 12.1 Å². The quantitative estimate of drug-likeness (QED) is 0.943. The van der Waals surface area contributed by atoms with Crippen LogP contribution < -0.4 is 14.8 Å². The van der Waals surface area contributed by atoms with E-state index in [9.17, 15) is 4.79 Å². The Bertz CT molecular complexity index is 739. The molecule has 1 aliphatic rings. The van der Waals surface area contributed by atoms with Crippen LogP contribution in [0.3, 0.4) is 0 Å². The van der Waals surface area contributed by atoms with Crippen LogP contribution in [0.1, 0.15) is 16.7 Å². The van der Waals surface area contributed by atoms with E-state index in [-0.39, 0.29) is 11.8 Å². The number of carbonyl (C=O) groups excluding carboxylic acids is 1. The van der Waals surface area contributed by atoms with Crippen LogP contribution in [0.15, 0.2) is 36.4 Å². The van der Waals surface area contributed by atoms with Crippen molar-refractivity contribution in [3.63, 3.8) is 0 Å². The summed E-state index contributed by atoms with van der Waals surface area (Å²) < 4.78 is 11.0. The van der Waals surface area contributed by atoms with E-state index in [1.807, 2.05) is 50.2 Å². The van der Waals surface area contributed by atoms with E-state index in [2.05, 4.69) is 5.32 Å². The van der Waals surface area contributed by atoms with Crippen molar-refractivity contribution in [3.05, 3.63) is 53.1 Å². The molecular formula is C19H21NO3. The monoisotopic (exact) mass is 311 g/mol. The van der Waals surface area contributed by atoms with Crippen LogP contribution in [0.2, 0.25) is 0 Å². The highest BCUT2D eigenvalue weighted by molar-refractivity contribution is 5.93. The summed E-state index contributed by atoms with van der Waals surface area (Å²) in [5.74, 6) is 1.41. The Morgan fingerprint density at radius 2 is 2.04 bits per heavy atom. The Balaban J connectivity index is 1.75. The van der Waals surface area contributed by atoms with Gasteiger partial charge >= 0.3 is 0 Å². The molecule has 23 heavy (non-hydrogen) atoms. The number of rotatable bonds is 3. The lowest BCUT2D eigenvalue weighted by atomic mass is 9.95. The maximum Gasteiger partial charge on any atom is 0.231 e. The normalized spacial score (nSPS) is 16.2. The Kier molecular flexibility index (Phi) is 4.24. The summed E-state index contributed by atoms with van der Waals surface area (Å²) in [5, 5.41) is 3.03. The molecule has 4 nitrogen and oxygen atoms in total. The third-order valence-corrected chi connectivity index (χ3v) is 4.20. The number of amides is 1. The van der Waals surface area contributed by atoms with Crippen LogP contribution in [-0.2, 0) is 11.2 Å². The van der Waals surface area contributed by atoms with Crippen molar-refractivity contribution in [2.75, 3.05) is 19.0 Å². The van der Waals surface area contributed by atoms with Gasteiger partial charge in [0.2, 0.25) is 5.91 Å². The fourth-order valence-corrected chi connectivity index (χ4v) is 2.77. The molecule has 0 radical (unpaired) electrons. The number of carbonyl (C=O) groups is 1. The smallest absolute Gasteiger partial charge is 0.231 e. The molecule has 1 atom stereocenters. The molecule has 0 fully saturated rings. The van der Waals surface area contributed by atoms with E-state index >= 15 is 0 Å². The van der Waals surface area contributed by atoms with Gasteiger partial charge in [-0.3, -0.25) is 4.79 Å². The summed E-state index contributed by atoms with van der Waals surface area (Å²) in [7, 11) is 1.64. The molecule has 0 unspecified atom stereocenters. The van der Waals surface area contributed by atoms with E-state index in [1.165, 1.54) is 0 Å². The highest BCUT2D eigenvalue weighted by Gasteiger charge is 2.26. The van der Waals surface area contributed by atoms with Gasteiger partial charge in [-0.05, 0) is 61.2 Å². The molecule has 2 aromatic rings. The van der Waals surface area contributed by atoms with Gasteiger partial charge in [-0.25, -0.2) is 0 Å². The molecule has 4 heteroatoms. The number of hydrogen-bond acceptors (Lipinski definition) is 3. The Labute approximate surface area is 136 Å². The molecule has 1 amide bonds. The van der Waals surface area contributed by atoms with Crippen LogP contribution in [0.4, 0.5) is 5.69 Å². The van der Waals surface area contributed by atoms with Gasteiger partial charge in [-0.15, -0.1) is 0 Å². The highest BCUT2D eigenvalue weighted by atomic mass is 16.5. The van der Waals surface area contributed by atoms with Crippen molar-refractivity contribution in [1.82, 2.24) is 0 Å². The van der Waals surface area contributed by atoms with Gasteiger partial charge in [0, 0.05) is 5.69 Å². The molecule has 0 saturated carbocycles. The maximum absolute atomic E-state index is 12.6. The Morgan fingerprint density at radius 3 is 2.83 bits per heavy atom. The second-order valence-corrected chi connectivity index (χ2v) is 5.99. The van der Waals surface area contributed by atoms with E-state index in [0.29, 0.717) is 13.0 Å². The number of hydrogen-bond donors (Lipinski definition) is 1. The predicted molar refractivity (Wildman–Crippen MR) is 90.2 cm³/mol. The Hall–Kier alpha value is -2.49. The van der Waals surface area contributed by atoms with Crippen LogP contribution in [0, 0.1) is 19.8 Å². The van der Waals surface area contributed by atoms with E-state index in [1.54, 1.807) is 7.11 Å². The number of ether oxygens (including phenoxy) is 2. The average Bonchev–Trinajstić information content (AvgIpc) is 2.57. The Morgan fingerprint density at radius 1 is 1.22 bits per heavy atom. The summed E-state index contributed by atoms with van der Waals surface area (Å²) in [6.45, 7) is 4.41. The molecule has 0 saturated heterocycles. The molecule has 1 aliphatic heterocycles. The largest absolute Gasteiger partial charge is 0.497 e. The lowest BCUT2D eigenvalue weighted by Crippen LogP contribution is -2.32. The lowest BCUT2D eigenvalue weighted by Gasteiger charge is -2.25. The van der Waals surface area contributed by atoms with Crippen molar-refractivity contribution in [3.8, 4) is 11.5 Å². The fraction of sp³-hybridized carbons (Fsp3) is 0.316. The van der Waals surface area contributed by atoms with Gasteiger partial charge in [0.1, 0.15) is 18.1 Å². The molecular weight excluding hydrogens is 290 g/mol. The second kappa shape index (κ2) is 6.32. The summed E-state index contributed by atoms with van der Waals surface area (Å²) in [6, 6.07) is 11.8. The summed E-state index contributed by atoms with van der Waals surface area (Å²) in [5.41, 5.74) is 4.06. The predicted octanol–water partition coefficient (Wildman–Crippen LogP) is 3.50. The van der Waals surface area contributed by atoms with E-state index in [0.717, 1.165) is 33.9 Å². The molecule has 0 aliphatic carbocycles. The first kappa shape index (κ1) is 15.4. The summed E-state index contributed by atoms with van der Waals surface area (Å²) >= 11 is 0. The first-order chi connectivity index (χ1) is 11.1. The third kappa shape index (κ3) is 3.31. The standard InChI is InChI=1S/C19H21NO3/c1-12-4-5-13(2)17(8-12)20-19(21)15-9-14-10-16(22-3)6-7-18(14)23-11-15/h4-8,10,15H,9,11H2,1-3H3,(H,20,21)/t15-/m1/s1. The second-order valence-electron chi connectivity index (χ2n) is 5.99. The SMILES string of the molecule is COc1ccc2c(c1)C[C@@H](C(=O)Nc1cc(C)ccc1C)CO2. The highest BCUT2D eigenvalue weighted by Crippen LogP contribution is 2.31. The van der Waals surface area contributed by atoms with Gasteiger partial charge in [0.25, 0.3) is 0 Å². The van der Waals surface area contributed by atoms with Crippen molar-refractivity contribution in [2.24, 2.45) is 5.92 Å². The third-order valence-electron chi connectivity index (χ3n) is 4.20. The number of fused-ring (bicyclic) bond motifs is 1.